The fraction of sp³-hybridized carbons (Fsp3) is 0.103. The number of hydrogen-bond acceptors (Lipinski definition) is 2. The molecule has 3 heterocycles. The third-order valence-electron chi connectivity index (χ3n) is 13.6. The Bertz CT molecular complexity index is 3430. The molecule has 0 unspecified atom stereocenters. The first-order valence-electron chi connectivity index (χ1n) is 21.9. The van der Waals surface area contributed by atoms with Crippen LogP contribution in [0.2, 0.25) is 18.1 Å². The van der Waals surface area contributed by atoms with Crippen LogP contribution in [0.1, 0.15) is 20.8 Å². The number of para-hydroxylation sites is 2. The lowest BCUT2D eigenvalue weighted by molar-refractivity contribution is 0.729. The van der Waals surface area contributed by atoms with Gasteiger partial charge in [-0.3, -0.25) is 0 Å². The SMILES string of the molecule is CC(C)(C)[Si](C)(C)c1ccc(-n2c3ccccc3c3cc(-c4ccc5c(c4)c4ccccc4n5-c4ccc(-c5cc(-c6ccccc6)nc(-c6ccccc6)n5)cc4)ccc32)cc1. The molecule has 0 aliphatic rings. The van der Waals surface area contributed by atoms with E-state index in [1.54, 1.807) is 0 Å². The molecule has 0 atom stereocenters. The van der Waals surface area contributed by atoms with Crippen molar-refractivity contribution in [3.05, 3.63) is 200 Å². The molecule has 4 nitrogen and oxygen atoms in total. The van der Waals surface area contributed by atoms with E-state index in [4.69, 9.17) is 9.97 Å². The molecule has 0 bridgehead atoms. The summed E-state index contributed by atoms with van der Waals surface area (Å²) < 4.78 is 4.82. The number of rotatable bonds is 7. The highest BCUT2D eigenvalue weighted by Crippen LogP contribution is 2.40. The molecule has 0 aliphatic carbocycles. The standard InChI is InChI=1S/C58H48N4Si/c1-58(2,3)63(4,5)46-32-30-45(31-33-46)62-54-23-15-13-21-48(54)50-37-43(27-35-56(50)62)42-26-34-55-49(36-42)47-20-12-14-22-53(47)61(55)44-28-24-40(25-29-44)52-38-51(39-16-8-6-9-17-39)59-57(60-52)41-18-10-7-11-19-41/h6-38H,1-5H3. The van der Waals surface area contributed by atoms with E-state index in [2.05, 4.69) is 219 Å². The van der Waals surface area contributed by atoms with E-state index < -0.39 is 8.07 Å². The largest absolute Gasteiger partial charge is 0.309 e. The lowest BCUT2D eigenvalue weighted by Crippen LogP contribution is -2.49. The maximum Gasteiger partial charge on any atom is 0.160 e. The molecule has 0 amide bonds. The smallest absolute Gasteiger partial charge is 0.160 e. The van der Waals surface area contributed by atoms with E-state index in [0.717, 1.165) is 33.8 Å². The van der Waals surface area contributed by atoms with E-state index in [1.165, 1.54) is 65.6 Å². The van der Waals surface area contributed by atoms with Gasteiger partial charge in [-0.2, -0.15) is 0 Å². The first-order valence-corrected chi connectivity index (χ1v) is 24.9. The molecule has 11 rings (SSSR count). The lowest BCUT2D eigenvalue weighted by atomic mass is 10.0. The van der Waals surface area contributed by atoms with Gasteiger partial charge in [0.2, 0.25) is 0 Å². The van der Waals surface area contributed by atoms with Crippen LogP contribution in [0.5, 0.6) is 0 Å². The van der Waals surface area contributed by atoms with Crippen molar-refractivity contribution in [2.45, 2.75) is 38.9 Å². The third-order valence-corrected chi connectivity index (χ3v) is 19.2. The van der Waals surface area contributed by atoms with Crippen LogP contribution >= 0.6 is 0 Å². The Morgan fingerprint density at radius 1 is 0.365 bits per heavy atom. The molecule has 304 valence electrons. The molecule has 0 N–H and O–H groups in total. The van der Waals surface area contributed by atoms with Crippen molar-refractivity contribution in [3.63, 3.8) is 0 Å². The van der Waals surface area contributed by atoms with E-state index in [-0.39, 0.29) is 5.04 Å². The molecule has 11 aromatic rings. The van der Waals surface area contributed by atoms with E-state index >= 15 is 0 Å². The van der Waals surface area contributed by atoms with Gasteiger partial charge in [-0.1, -0.05) is 173 Å². The van der Waals surface area contributed by atoms with Gasteiger partial charge in [0, 0.05) is 49.6 Å². The van der Waals surface area contributed by atoms with Crippen LogP contribution in [0.4, 0.5) is 0 Å². The fourth-order valence-corrected chi connectivity index (χ4v) is 11.0. The Kier molecular flexibility index (Phi) is 9.14. The molecule has 8 aromatic carbocycles. The zero-order valence-corrected chi connectivity index (χ0v) is 37.3. The maximum atomic E-state index is 5.08. The molecule has 0 spiro atoms. The lowest BCUT2D eigenvalue weighted by Gasteiger charge is -2.37. The zero-order chi connectivity index (χ0) is 42.9. The molecule has 0 saturated carbocycles. The molecular weight excluding hydrogens is 781 g/mol. The Labute approximate surface area is 369 Å². The molecule has 0 fully saturated rings. The first-order chi connectivity index (χ1) is 30.6. The predicted octanol–water partition coefficient (Wildman–Crippen LogP) is 15.1. The summed E-state index contributed by atoms with van der Waals surface area (Å²) in [6.07, 6.45) is 0. The average molecular weight is 829 g/mol. The number of hydrogen-bond donors (Lipinski definition) is 0. The Morgan fingerprint density at radius 2 is 0.762 bits per heavy atom. The summed E-state index contributed by atoms with van der Waals surface area (Å²) in [5, 5.41) is 6.75. The normalized spacial score (nSPS) is 12.2. The third kappa shape index (κ3) is 6.59. The van der Waals surface area contributed by atoms with Crippen LogP contribution in [-0.4, -0.2) is 27.2 Å². The second-order valence-electron chi connectivity index (χ2n) is 18.3. The number of benzene rings is 8. The first kappa shape index (κ1) is 38.6. The molecular formula is C58H48N4Si. The highest BCUT2D eigenvalue weighted by atomic mass is 28.3. The second-order valence-corrected chi connectivity index (χ2v) is 23.7. The summed E-state index contributed by atoms with van der Waals surface area (Å²) in [4.78, 5) is 10.1. The molecule has 5 heteroatoms. The van der Waals surface area contributed by atoms with Crippen LogP contribution < -0.4 is 5.19 Å². The van der Waals surface area contributed by atoms with Crippen LogP contribution in [0.3, 0.4) is 0 Å². The van der Waals surface area contributed by atoms with Gasteiger partial charge in [0.05, 0.1) is 41.5 Å². The highest BCUT2D eigenvalue weighted by molar-refractivity contribution is 6.92. The van der Waals surface area contributed by atoms with Gasteiger partial charge in [-0.25, -0.2) is 9.97 Å². The van der Waals surface area contributed by atoms with Crippen LogP contribution in [0.25, 0.3) is 100 Å². The number of aromatic nitrogens is 4. The van der Waals surface area contributed by atoms with Crippen molar-refractivity contribution >= 4 is 56.9 Å². The quantitative estimate of drug-likeness (QED) is 0.150. The number of fused-ring (bicyclic) bond motifs is 6. The molecule has 3 aromatic heterocycles. The van der Waals surface area contributed by atoms with Gasteiger partial charge >= 0.3 is 0 Å². The molecule has 63 heavy (non-hydrogen) atoms. The van der Waals surface area contributed by atoms with Gasteiger partial charge in [0.25, 0.3) is 0 Å². The predicted molar refractivity (Wildman–Crippen MR) is 269 cm³/mol. The summed E-state index contributed by atoms with van der Waals surface area (Å²) in [7, 11) is -1.65. The van der Waals surface area contributed by atoms with Crippen molar-refractivity contribution in [3.8, 4) is 56.4 Å². The minimum atomic E-state index is -1.65. The van der Waals surface area contributed by atoms with Crippen LogP contribution in [0, 0.1) is 0 Å². The van der Waals surface area contributed by atoms with Gasteiger partial charge in [-0.05, 0) is 82.9 Å². The minimum absolute atomic E-state index is 0.280. The van der Waals surface area contributed by atoms with Gasteiger partial charge in [0.1, 0.15) is 0 Å². The average Bonchev–Trinajstić information content (AvgIpc) is 3.84. The van der Waals surface area contributed by atoms with Crippen molar-refractivity contribution in [2.24, 2.45) is 0 Å². The van der Waals surface area contributed by atoms with Gasteiger partial charge in [-0.15, -0.1) is 0 Å². The minimum Gasteiger partial charge on any atom is -0.309 e. The van der Waals surface area contributed by atoms with Crippen molar-refractivity contribution in [1.29, 1.82) is 0 Å². The van der Waals surface area contributed by atoms with Gasteiger partial charge in [0.15, 0.2) is 5.82 Å². The van der Waals surface area contributed by atoms with Gasteiger partial charge < -0.3 is 9.13 Å². The van der Waals surface area contributed by atoms with E-state index in [1.807, 2.05) is 24.3 Å². The van der Waals surface area contributed by atoms with Crippen molar-refractivity contribution in [2.75, 3.05) is 0 Å². The fourth-order valence-electron chi connectivity index (χ4n) is 9.17. The summed E-state index contributed by atoms with van der Waals surface area (Å²) in [6, 6.07) is 72.4. The summed E-state index contributed by atoms with van der Waals surface area (Å²) in [6.45, 7) is 12.1. The topological polar surface area (TPSA) is 35.6 Å². The Hall–Kier alpha value is -7.34. The Balaban J connectivity index is 0.977. The second kappa shape index (κ2) is 14.9. The summed E-state index contributed by atoms with van der Waals surface area (Å²) >= 11 is 0. The zero-order valence-electron chi connectivity index (χ0n) is 36.3. The number of nitrogens with zero attached hydrogens (tertiary/aromatic N) is 4. The summed E-state index contributed by atoms with van der Waals surface area (Å²) in [5.41, 5.74) is 14.4. The van der Waals surface area contributed by atoms with E-state index in [0.29, 0.717) is 5.82 Å². The molecule has 0 saturated heterocycles. The van der Waals surface area contributed by atoms with Crippen LogP contribution in [0.15, 0.2) is 200 Å². The molecule has 0 radical (unpaired) electrons. The summed E-state index contributed by atoms with van der Waals surface area (Å²) in [5.74, 6) is 0.714. The highest BCUT2D eigenvalue weighted by Gasteiger charge is 2.36. The monoisotopic (exact) mass is 828 g/mol. The van der Waals surface area contributed by atoms with Crippen LogP contribution in [-0.2, 0) is 0 Å². The molecule has 0 aliphatic heterocycles. The van der Waals surface area contributed by atoms with Crippen molar-refractivity contribution < 1.29 is 0 Å². The van der Waals surface area contributed by atoms with Crippen molar-refractivity contribution in [1.82, 2.24) is 19.1 Å². The van der Waals surface area contributed by atoms with E-state index in [9.17, 15) is 0 Å². The maximum absolute atomic E-state index is 5.08. The Morgan fingerprint density at radius 3 is 1.25 bits per heavy atom.